The third kappa shape index (κ3) is 2.65. The molecule has 0 fully saturated rings. The van der Waals surface area contributed by atoms with Crippen LogP contribution in [0.4, 0.5) is 0 Å². The maximum Gasteiger partial charge on any atom is 0.0487 e. The molecule has 0 spiro atoms. The Bertz CT molecular complexity index is 731. The van der Waals surface area contributed by atoms with E-state index in [0.29, 0.717) is 0 Å². The van der Waals surface area contributed by atoms with Gasteiger partial charge in [-0.15, -0.1) is 0 Å². The van der Waals surface area contributed by atoms with Crippen LogP contribution in [0.5, 0.6) is 0 Å². The summed E-state index contributed by atoms with van der Waals surface area (Å²) in [5, 5.41) is 4.49. The highest BCUT2D eigenvalue weighted by Crippen LogP contribution is 2.22. The van der Waals surface area contributed by atoms with Crippen LogP contribution in [0.1, 0.15) is 11.1 Å². The van der Waals surface area contributed by atoms with Crippen molar-refractivity contribution in [2.24, 2.45) is 0 Å². The highest BCUT2D eigenvalue weighted by molar-refractivity contribution is 9.10. The standard InChI is InChI=1S/C17H17BrN2/c1-19-11-13-6-7-17-14(10-13)8-9-20(17)12-15-4-2-3-5-16(15)18/h2-10,19H,11-12H2,1H3. The quantitative estimate of drug-likeness (QED) is 0.760. The van der Waals surface area contributed by atoms with E-state index in [-0.39, 0.29) is 0 Å². The van der Waals surface area contributed by atoms with E-state index in [9.17, 15) is 0 Å². The third-order valence-corrected chi connectivity index (χ3v) is 4.29. The average molecular weight is 329 g/mol. The Hall–Kier alpha value is -1.58. The smallest absolute Gasteiger partial charge is 0.0487 e. The van der Waals surface area contributed by atoms with Crippen LogP contribution in [-0.4, -0.2) is 11.6 Å². The molecule has 0 aliphatic carbocycles. The van der Waals surface area contributed by atoms with Gasteiger partial charge >= 0.3 is 0 Å². The summed E-state index contributed by atoms with van der Waals surface area (Å²) >= 11 is 3.62. The fourth-order valence-corrected chi connectivity index (χ4v) is 2.92. The Morgan fingerprint density at radius 2 is 1.95 bits per heavy atom. The van der Waals surface area contributed by atoms with Crippen LogP contribution in [0.15, 0.2) is 59.2 Å². The molecule has 102 valence electrons. The minimum atomic E-state index is 0.885. The average Bonchev–Trinajstić information content (AvgIpc) is 2.84. The lowest BCUT2D eigenvalue weighted by Crippen LogP contribution is -2.04. The van der Waals surface area contributed by atoms with Crippen molar-refractivity contribution in [1.82, 2.24) is 9.88 Å². The first-order chi connectivity index (χ1) is 9.78. The van der Waals surface area contributed by atoms with Gasteiger partial charge in [-0.3, -0.25) is 0 Å². The molecule has 0 radical (unpaired) electrons. The summed E-state index contributed by atoms with van der Waals surface area (Å²) < 4.78 is 3.45. The van der Waals surface area contributed by atoms with Crippen LogP contribution in [0.3, 0.4) is 0 Å². The monoisotopic (exact) mass is 328 g/mol. The molecule has 0 bridgehead atoms. The first kappa shape index (κ1) is 13.4. The molecule has 0 saturated heterocycles. The predicted molar refractivity (Wildman–Crippen MR) is 87.9 cm³/mol. The largest absolute Gasteiger partial charge is 0.343 e. The molecule has 3 heteroatoms. The number of fused-ring (bicyclic) bond motifs is 1. The Morgan fingerprint density at radius 3 is 2.75 bits per heavy atom. The SMILES string of the molecule is CNCc1ccc2c(ccn2Cc2ccccc2Br)c1. The summed E-state index contributed by atoms with van der Waals surface area (Å²) in [6, 6.07) is 17.2. The van der Waals surface area contributed by atoms with Crippen LogP contribution in [-0.2, 0) is 13.1 Å². The molecule has 0 saturated carbocycles. The number of benzene rings is 2. The van der Waals surface area contributed by atoms with Gasteiger partial charge < -0.3 is 9.88 Å². The Labute approximate surface area is 127 Å². The minimum absolute atomic E-state index is 0.885. The lowest BCUT2D eigenvalue weighted by atomic mass is 10.1. The number of hydrogen-bond donors (Lipinski definition) is 1. The molecule has 0 atom stereocenters. The van der Waals surface area contributed by atoms with Crippen molar-refractivity contribution in [2.45, 2.75) is 13.1 Å². The van der Waals surface area contributed by atoms with Crippen molar-refractivity contribution >= 4 is 26.8 Å². The van der Waals surface area contributed by atoms with Crippen LogP contribution in [0.2, 0.25) is 0 Å². The molecular formula is C17H17BrN2. The van der Waals surface area contributed by atoms with Crippen molar-refractivity contribution in [2.75, 3.05) is 7.05 Å². The van der Waals surface area contributed by atoms with Crippen molar-refractivity contribution in [3.8, 4) is 0 Å². The fourth-order valence-electron chi connectivity index (χ4n) is 2.51. The van der Waals surface area contributed by atoms with Crippen LogP contribution in [0.25, 0.3) is 10.9 Å². The second-order valence-electron chi connectivity index (χ2n) is 4.96. The highest BCUT2D eigenvalue weighted by Gasteiger charge is 2.04. The van der Waals surface area contributed by atoms with E-state index in [4.69, 9.17) is 0 Å². The second kappa shape index (κ2) is 5.81. The number of nitrogens with zero attached hydrogens (tertiary/aromatic N) is 1. The van der Waals surface area contributed by atoms with Gasteiger partial charge in [-0.05, 0) is 47.8 Å². The third-order valence-electron chi connectivity index (χ3n) is 3.51. The summed E-state index contributed by atoms with van der Waals surface area (Å²) in [7, 11) is 1.97. The van der Waals surface area contributed by atoms with Crippen molar-refractivity contribution < 1.29 is 0 Å². The van der Waals surface area contributed by atoms with E-state index >= 15 is 0 Å². The minimum Gasteiger partial charge on any atom is -0.343 e. The topological polar surface area (TPSA) is 17.0 Å². The fraction of sp³-hybridized carbons (Fsp3) is 0.176. The number of aromatic nitrogens is 1. The van der Waals surface area contributed by atoms with Gasteiger partial charge in [0.15, 0.2) is 0 Å². The molecule has 2 aromatic carbocycles. The van der Waals surface area contributed by atoms with E-state index in [0.717, 1.165) is 17.6 Å². The van der Waals surface area contributed by atoms with Crippen LogP contribution >= 0.6 is 15.9 Å². The zero-order valence-electron chi connectivity index (χ0n) is 11.4. The molecule has 0 aliphatic heterocycles. The van der Waals surface area contributed by atoms with E-state index < -0.39 is 0 Å². The summed E-state index contributed by atoms with van der Waals surface area (Å²) in [5.41, 5.74) is 3.89. The van der Waals surface area contributed by atoms with Gasteiger partial charge in [0, 0.05) is 29.3 Å². The van der Waals surface area contributed by atoms with E-state index in [2.05, 4.69) is 74.5 Å². The molecule has 20 heavy (non-hydrogen) atoms. The molecule has 0 amide bonds. The van der Waals surface area contributed by atoms with Crippen molar-refractivity contribution in [3.05, 3.63) is 70.3 Å². The molecule has 0 unspecified atom stereocenters. The molecule has 3 aromatic rings. The number of hydrogen-bond acceptors (Lipinski definition) is 1. The molecule has 2 nitrogen and oxygen atoms in total. The lowest BCUT2D eigenvalue weighted by molar-refractivity contribution is 0.817. The molecule has 1 aromatic heterocycles. The summed E-state index contributed by atoms with van der Waals surface area (Å²) in [6.07, 6.45) is 2.16. The van der Waals surface area contributed by atoms with Gasteiger partial charge in [-0.1, -0.05) is 40.2 Å². The number of nitrogens with one attached hydrogen (secondary N) is 1. The first-order valence-corrected chi connectivity index (χ1v) is 7.53. The summed E-state index contributed by atoms with van der Waals surface area (Å²) in [5.74, 6) is 0. The van der Waals surface area contributed by atoms with Gasteiger partial charge in [0.05, 0.1) is 0 Å². The predicted octanol–water partition coefficient (Wildman–Crippen LogP) is 4.17. The maximum absolute atomic E-state index is 3.62. The molecular weight excluding hydrogens is 312 g/mol. The highest BCUT2D eigenvalue weighted by atomic mass is 79.9. The Morgan fingerprint density at radius 1 is 1.10 bits per heavy atom. The number of rotatable bonds is 4. The van der Waals surface area contributed by atoms with Gasteiger partial charge in [-0.25, -0.2) is 0 Å². The Balaban J connectivity index is 1.95. The van der Waals surface area contributed by atoms with Gasteiger partial charge in [-0.2, -0.15) is 0 Å². The summed E-state index contributed by atoms with van der Waals surface area (Å²) in [4.78, 5) is 0. The molecule has 1 heterocycles. The van der Waals surface area contributed by atoms with Crippen LogP contribution in [0, 0.1) is 0 Å². The molecule has 0 aliphatic rings. The van der Waals surface area contributed by atoms with E-state index in [1.165, 1.54) is 22.0 Å². The van der Waals surface area contributed by atoms with E-state index in [1.807, 2.05) is 13.1 Å². The second-order valence-corrected chi connectivity index (χ2v) is 5.81. The maximum atomic E-state index is 3.62. The number of halogens is 1. The van der Waals surface area contributed by atoms with Gasteiger partial charge in [0.2, 0.25) is 0 Å². The lowest BCUT2D eigenvalue weighted by Gasteiger charge is -2.08. The van der Waals surface area contributed by atoms with Gasteiger partial charge in [0.25, 0.3) is 0 Å². The normalized spacial score (nSPS) is 11.1. The van der Waals surface area contributed by atoms with Crippen molar-refractivity contribution in [3.63, 3.8) is 0 Å². The Kier molecular flexibility index (Phi) is 3.90. The van der Waals surface area contributed by atoms with Gasteiger partial charge in [0.1, 0.15) is 0 Å². The molecule has 3 rings (SSSR count). The zero-order valence-corrected chi connectivity index (χ0v) is 13.0. The first-order valence-electron chi connectivity index (χ1n) is 6.74. The summed E-state index contributed by atoms with van der Waals surface area (Å²) in [6.45, 7) is 1.79. The molecule has 1 N–H and O–H groups in total. The zero-order chi connectivity index (χ0) is 13.9. The van der Waals surface area contributed by atoms with Crippen LogP contribution < -0.4 is 5.32 Å². The van der Waals surface area contributed by atoms with E-state index in [1.54, 1.807) is 0 Å². The van der Waals surface area contributed by atoms with Crippen molar-refractivity contribution in [1.29, 1.82) is 0 Å².